The molecule has 0 aromatic heterocycles. The van der Waals surface area contributed by atoms with Gasteiger partial charge >= 0.3 is 0 Å². The molecule has 6 rings (SSSR count). The highest BCUT2D eigenvalue weighted by Gasteiger charge is 2.22. The van der Waals surface area contributed by atoms with Gasteiger partial charge in [-0.05, 0) is 52.6 Å². The first-order chi connectivity index (χ1) is 18.8. The average molecular weight is 508 g/mol. The first kappa shape index (κ1) is 23.8. The molecule has 0 radical (unpaired) electrons. The molecule has 0 heterocycles. The number of hydrogen-bond donors (Lipinski definition) is 0. The van der Waals surface area contributed by atoms with Crippen molar-refractivity contribution in [3.63, 3.8) is 0 Å². The molecule has 0 aliphatic carbocycles. The lowest BCUT2D eigenvalue weighted by molar-refractivity contribution is 1.28. The third kappa shape index (κ3) is 4.85. The third-order valence-electron chi connectivity index (χ3n) is 6.69. The van der Waals surface area contributed by atoms with Gasteiger partial charge < -0.3 is 4.90 Å². The molecule has 2 heteroatoms. The van der Waals surface area contributed by atoms with Gasteiger partial charge in [0, 0.05) is 27.5 Å². The average Bonchev–Trinajstić information content (AvgIpc) is 2.99. The lowest BCUT2D eigenvalue weighted by Crippen LogP contribution is -2.13. The van der Waals surface area contributed by atoms with Gasteiger partial charge in [-0.15, -0.1) is 0 Å². The molecule has 6 aromatic carbocycles. The van der Waals surface area contributed by atoms with Crippen LogP contribution < -0.4 is 4.90 Å². The van der Waals surface area contributed by atoms with E-state index in [1.54, 1.807) is 0 Å². The molecule has 182 valence electrons. The number of nitrogens with zero attached hydrogens (tertiary/aromatic N) is 1. The van der Waals surface area contributed by atoms with E-state index in [1.165, 1.54) is 0 Å². The van der Waals surface area contributed by atoms with Crippen LogP contribution in [0.25, 0.3) is 33.4 Å². The predicted octanol–water partition coefficient (Wildman–Crippen LogP) is 10.8. The van der Waals surface area contributed by atoms with Crippen molar-refractivity contribution in [2.75, 3.05) is 4.90 Å². The van der Waals surface area contributed by atoms with Crippen molar-refractivity contribution in [2.24, 2.45) is 0 Å². The van der Waals surface area contributed by atoms with Crippen LogP contribution >= 0.6 is 11.6 Å². The molecule has 0 spiro atoms. The first-order valence-corrected chi connectivity index (χ1v) is 13.1. The van der Waals surface area contributed by atoms with Crippen molar-refractivity contribution in [1.82, 2.24) is 0 Å². The minimum atomic E-state index is 0.695. The molecule has 0 saturated carbocycles. The van der Waals surface area contributed by atoms with Gasteiger partial charge in [-0.2, -0.15) is 0 Å². The Bertz CT molecular complexity index is 1590. The van der Waals surface area contributed by atoms with Gasteiger partial charge in [0.15, 0.2) is 0 Å². The van der Waals surface area contributed by atoms with E-state index in [9.17, 15) is 0 Å². The summed E-state index contributed by atoms with van der Waals surface area (Å²) in [5.74, 6) is 0. The van der Waals surface area contributed by atoms with Crippen molar-refractivity contribution < 1.29 is 0 Å². The summed E-state index contributed by atoms with van der Waals surface area (Å²) in [7, 11) is 0. The van der Waals surface area contributed by atoms with E-state index in [1.807, 2.05) is 12.1 Å². The molecule has 38 heavy (non-hydrogen) atoms. The van der Waals surface area contributed by atoms with Crippen LogP contribution in [0.4, 0.5) is 17.1 Å². The molecule has 0 saturated heterocycles. The van der Waals surface area contributed by atoms with Crippen LogP contribution in [0.5, 0.6) is 0 Å². The predicted molar refractivity (Wildman–Crippen MR) is 162 cm³/mol. The SMILES string of the molecule is Clc1cc(-c2ccccc2)cc(N(c2ccccc2)c2c(-c3ccccc3)cccc2-c2ccccc2)c1. The van der Waals surface area contributed by atoms with Crippen molar-refractivity contribution >= 4 is 28.7 Å². The first-order valence-electron chi connectivity index (χ1n) is 12.7. The lowest BCUT2D eigenvalue weighted by Gasteiger charge is -2.31. The molecule has 0 amide bonds. The summed E-state index contributed by atoms with van der Waals surface area (Å²) in [4.78, 5) is 2.34. The molecule has 0 aliphatic rings. The van der Waals surface area contributed by atoms with Crippen molar-refractivity contribution in [3.8, 4) is 33.4 Å². The second-order valence-electron chi connectivity index (χ2n) is 9.17. The molecule has 0 N–H and O–H groups in total. The van der Waals surface area contributed by atoms with Crippen LogP contribution in [0.1, 0.15) is 0 Å². The summed E-state index contributed by atoms with van der Waals surface area (Å²) in [6.45, 7) is 0. The van der Waals surface area contributed by atoms with Crippen LogP contribution in [-0.4, -0.2) is 0 Å². The van der Waals surface area contributed by atoms with Crippen molar-refractivity contribution in [3.05, 3.63) is 163 Å². The zero-order valence-corrected chi connectivity index (χ0v) is 21.6. The third-order valence-corrected chi connectivity index (χ3v) is 6.91. The van der Waals surface area contributed by atoms with Gasteiger partial charge in [0.05, 0.1) is 5.69 Å². The van der Waals surface area contributed by atoms with Crippen LogP contribution in [-0.2, 0) is 0 Å². The van der Waals surface area contributed by atoms with Crippen LogP contribution in [0.3, 0.4) is 0 Å². The quantitative estimate of drug-likeness (QED) is 0.216. The number of halogens is 1. The summed E-state index contributed by atoms with van der Waals surface area (Å²) < 4.78 is 0. The van der Waals surface area contributed by atoms with Crippen LogP contribution in [0, 0.1) is 0 Å². The zero-order chi connectivity index (χ0) is 25.7. The maximum Gasteiger partial charge on any atom is 0.0618 e. The van der Waals surface area contributed by atoms with Gasteiger partial charge in [-0.3, -0.25) is 0 Å². The number of benzene rings is 6. The fraction of sp³-hybridized carbons (Fsp3) is 0. The highest BCUT2D eigenvalue weighted by molar-refractivity contribution is 6.31. The standard InChI is InChI=1S/C36H26ClN/c37-31-24-30(27-14-5-1-6-15-27)25-33(26-31)38(32-20-11-4-12-21-32)36-34(28-16-7-2-8-17-28)22-13-23-35(36)29-18-9-3-10-19-29/h1-26H. The van der Waals surface area contributed by atoms with E-state index in [0.717, 1.165) is 50.4 Å². The number of anilines is 3. The molecule has 0 unspecified atom stereocenters. The Hall–Kier alpha value is -4.59. The Morgan fingerprint density at radius 3 is 1.37 bits per heavy atom. The van der Waals surface area contributed by atoms with Crippen LogP contribution in [0.2, 0.25) is 5.02 Å². The largest absolute Gasteiger partial charge is 0.309 e. The second kappa shape index (κ2) is 10.8. The Kier molecular flexibility index (Phi) is 6.76. The van der Waals surface area contributed by atoms with E-state index in [4.69, 9.17) is 11.6 Å². The van der Waals surface area contributed by atoms with Gasteiger partial charge in [0.25, 0.3) is 0 Å². The zero-order valence-electron chi connectivity index (χ0n) is 20.8. The molecule has 0 bridgehead atoms. The lowest BCUT2D eigenvalue weighted by atomic mass is 9.94. The Balaban J connectivity index is 1.67. The highest BCUT2D eigenvalue weighted by Crippen LogP contribution is 2.47. The van der Waals surface area contributed by atoms with Crippen molar-refractivity contribution in [1.29, 1.82) is 0 Å². The van der Waals surface area contributed by atoms with E-state index in [2.05, 4.69) is 150 Å². The summed E-state index contributed by atoms with van der Waals surface area (Å²) in [6.07, 6.45) is 0. The second-order valence-corrected chi connectivity index (χ2v) is 9.61. The maximum absolute atomic E-state index is 6.81. The van der Waals surface area contributed by atoms with Crippen molar-refractivity contribution in [2.45, 2.75) is 0 Å². The summed E-state index contributed by atoms with van der Waals surface area (Å²) in [5.41, 5.74) is 10.00. The monoisotopic (exact) mass is 507 g/mol. The van der Waals surface area contributed by atoms with E-state index in [0.29, 0.717) is 5.02 Å². The topological polar surface area (TPSA) is 3.24 Å². The smallest absolute Gasteiger partial charge is 0.0618 e. The molecule has 1 nitrogen and oxygen atoms in total. The summed E-state index contributed by atoms with van der Waals surface area (Å²) in [6, 6.07) is 54.9. The Labute approximate surface area is 229 Å². The molecular weight excluding hydrogens is 482 g/mol. The molecule has 0 atom stereocenters. The number of rotatable bonds is 6. The van der Waals surface area contributed by atoms with E-state index >= 15 is 0 Å². The molecule has 0 aliphatic heterocycles. The fourth-order valence-electron chi connectivity index (χ4n) is 4.97. The van der Waals surface area contributed by atoms with Crippen LogP contribution in [0.15, 0.2) is 158 Å². The van der Waals surface area contributed by atoms with E-state index < -0.39 is 0 Å². The highest BCUT2D eigenvalue weighted by atomic mass is 35.5. The summed E-state index contributed by atoms with van der Waals surface area (Å²) in [5, 5.41) is 0.695. The normalized spacial score (nSPS) is 10.8. The van der Waals surface area contributed by atoms with Gasteiger partial charge in [-0.1, -0.05) is 139 Å². The van der Waals surface area contributed by atoms with Gasteiger partial charge in [0.2, 0.25) is 0 Å². The van der Waals surface area contributed by atoms with Gasteiger partial charge in [-0.25, -0.2) is 0 Å². The Morgan fingerprint density at radius 1 is 0.368 bits per heavy atom. The molecule has 0 fully saturated rings. The maximum atomic E-state index is 6.81. The number of para-hydroxylation sites is 2. The number of hydrogen-bond acceptors (Lipinski definition) is 1. The van der Waals surface area contributed by atoms with E-state index in [-0.39, 0.29) is 0 Å². The minimum Gasteiger partial charge on any atom is -0.309 e. The summed E-state index contributed by atoms with van der Waals surface area (Å²) >= 11 is 6.81. The Morgan fingerprint density at radius 2 is 0.842 bits per heavy atom. The molecular formula is C36H26ClN. The minimum absolute atomic E-state index is 0.695. The molecule has 6 aromatic rings. The fourth-order valence-corrected chi connectivity index (χ4v) is 5.20. The van der Waals surface area contributed by atoms with Gasteiger partial charge in [0.1, 0.15) is 0 Å².